The Labute approximate surface area is 253 Å². The van der Waals surface area contributed by atoms with Crippen LogP contribution in [0.4, 0.5) is 5.13 Å². The summed E-state index contributed by atoms with van der Waals surface area (Å²) in [5.41, 5.74) is 1.62. The first-order valence-corrected chi connectivity index (χ1v) is 14.8. The molecular formula is C28H22Cl2N4O5S2. The topological polar surface area (TPSA) is 115 Å². The zero-order valence-electron chi connectivity index (χ0n) is 21.7. The van der Waals surface area contributed by atoms with Gasteiger partial charge in [-0.15, -0.1) is 10.2 Å². The molecule has 13 heteroatoms. The Morgan fingerprint density at radius 2 is 1.85 bits per heavy atom. The molecular weight excluding hydrogens is 607 g/mol. The molecule has 9 nitrogen and oxygen atoms in total. The minimum absolute atomic E-state index is 0.0928. The van der Waals surface area contributed by atoms with Crippen molar-refractivity contribution in [1.82, 2.24) is 15.2 Å². The number of hydrogen-bond acceptors (Lipinski definition) is 10. The molecule has 0 aliphatic carbocycles. The number of aromatic nitrogens is 3. The number of ketones is 1. The minimum atomic E-state index is -1.01. The molecule has 1 N–H and O–H groups in total. The van der Waals surface area contributed by atoms with Crippen LogP contribution >= 0.6 is 46.3 Å². The Balaban J connectivity index is 1.56. The lowest BCUT2D eigenvalue weighted by atomic mass is 9.95. The zero-order chi connectivity index (χ0) is 29.1. The Hall–Kier alpha value is -3.64. The fourth-order valence-electron chi connectivity index (χ4n) is 4.28. The van der Waals surface area contributed by atoms with Crippen molar-refractivity contribution in [3.05, 3.63) is 93.2 Å². The third-order valence-corrected chi connectivity index (χ3v) is 8.86. The van der Waals surface area contributed by atoms with Gasteiger partial charge in [-0.3, -0.25) is 19.5 Å². The maximum absolute atomic E-state index is 13.5. The van der Waals surface area contributed by atoms with Crippen molar-refractivity contribution in [2.24, 2.45) is 0 Å². The molecule has 1 fully saturated rings. The molecule has 4 aromatic rings. The third-order valence-electron chi connectivity index (χ3n) is 6.17. The lowest BCUT2D eigenvalue weighted by Crippen LogP contribution is -2.29. The van der Waals surface area contributed by atoms with Crippen LogP contribution in [-0.2, 0) is 15.3 Å². The van der Waals surface area contributed by atoms with Gasteiger partial charge in [-0.25, -0.2) is 0 Å². The second-order valence-corrected chi connectivity index (χ2v) is 11.6. The smallest absolute Gasteiger partial charge is 0.301 e. The highest BCUT2D eigenvalue weighted by Gasteiger charge is 2.48. The van der Waals surface area contributed by atoms with Gasteiger partial charge in [0.05, 0.1) is 25.3 Å². The van der Waals surface area contributed by atoms with E-state index in [-0.39, 0.29) is 16.5 Å². The quantitative estimate of drug-likeness (QED) is 0.0722. The van der Waals surface area contributed by atoms with Gasteiger partial charge < -0.3 is 14.6 Å². The number of aliphatic hydroxyl groups is 1. The van der Waals surface area contributed by atoms with E-state index in [1.807, 2.05) is 13.0 Å². The van der Waals surface area contributed by atoms with Gasteiger partial charge in [-0.1, -0.05) is 58.4 Å². The molecule has 1 unspecified atom stereocenters. The molecule has 1 atom stereocenters. The number of anilines is 1. The summed E-state index contributed by atoms with van der Waals surface area (Å²) in [7, 11) is 1.50. The minimum Gasteiger partial charge on any atom is -0.507 e. The number of hydrogen-bond donors (Lipinski definition) is 1. The summed E-state index contributed by atoms with van der Waals surface area (Å²) in [6.07, 6.45) is 2.97. The first-order valence-electron chi connectivity index (χ1n) is 12.2. The van der Waals surface area contributed by atoms with Crippen LogP contribution in [0.15, 0.2) is 70.8 Å². The number of amides is 1. The number of rotatable bonds is 9. The fourth-order valence-corrected chi connectivity index (χ4v) is 6.70. The predicted octanol–water partition coefficient (Wildman–Crippen LogP) is 6.57. The molecule has 5 rings (SSSR count). The normalized spacial score (nSPS) is 16.3. The number of nitrogens with zero attached hydrogens (tertiary/aromatic N) is 4. The number of benzene rings is 2. The van der Waals surface area contributed by atoms with Gasteiger partial charge in [0, 0.05) is 33.8 Å². The first-order chi connectivity index (χ1) is 19.8. The van der Waals surface area contributed by atoms with Gasteiger partial charge in [-0.2, -0.15) is 0 Å². The largest absolute Gasteiger partial charge is 0.507 e. The number of Topliss-reactive ketones (excluding diaryl/α,β-unsaturated/α-hetero) is 1. The Kier molecular flexibility index (Phi) is 8.79. The molecule has 1 aliphatic heterocycles. The van der Waals surface area contributed by atoms with Crippen LogP contribution in [0.1, 0.15) is 29.7 Å². The second-order valence-electron chi connectivity index (χ2n) is 8.62. The van der Waals surface area contributed by atoms with Crippen LogP contribution in [0.2, 0.25) is 10.0 Å². The van der Waals surface area contributed by atoms with E-state index in [0.29, 0.717) is 49.4 Å². The van der Waals surface area contributed by atoms with Crippen molar-refractivity contribution in [3.8, 4) is 11.5 Å². The van der Waals surface area contributed by atoms with E-state index in [1.165, 1.54) is 36.2 Å². The summed E-state index contributed by atoms with van der Waals surface area (Å²) in [6.45, 7) is 2.27. The van der Waals surface area contributed by atoms with Gasteiger partial charge in [0.15, 0.2) is 15.8 Å². The van der Waals surface area contributed by atoms with Gasteiger partial charge >= 0.3 is 5.91 Å². The molecule has 2 aromatic carbocycles. The van der Waals surface area contributed by atoms with Crippen molar-refractivity contribution < 1.29 is 24.2 Å². The van der Waals surface area contributed by atoms with Crippen LogP contribution in [-0.4, -0.2) is 45.7 Å². The highest BCUT2D eigenvalue weighted by atomic mass is 35.5. The lowest BCUT2D eigenvalue weighted by molar-refractivity contribution is -0.132. The Morgan fingerprint density at radius 3 is 2.56 bits per heavy atom. The predicted molar refractivity (Wildman–Crippen MR) is 159 cm³/mol. The summed E-state index contributed by atoms with van der Waals surface area (Å²) >= 11 is 14.8. The van der Waals surface area contributed by atoms with Crippen molar-refractivity contribution in [2.75, 3.05) is 18.6 Å². The van der Waals surface area contributed by atoms with E-state index >= 15 is 0 Å². The number of carbonyl (C=O) groups excluding carboxylic acids is 2. The van der Waals surface area contributed by atoms with Gasteiger partial charge in [0.1, 0.15) is 5.76 Å². The number of carbonyl (C=O) groups is 2. The summed E-state index contributed by atoms with van der Waals surface area (Å²) in [5, 5.41) is 21.0. The summed E-state index contributed by atoms with van der Waals surface area (Å²) in [4.78, 5) is 32.1. The van der Waals surface area contributed by atoms with E-state index in [2.05, 4.69) is 15.2 Å². The summed E-state index contributed by atoms with van der Waals surface area (Å²) < 4.78 is 11.7. The zero-order valence-corrected chi connectivity index (χ0v) is 24.9. The number of aliphatic hydroxyl groups excluding tert-OH is 1. The molecule has 210 valence electrons. The van der Waals surface area contributed by atoms with Crippen LogP contribution in [0, 0.1) is 0 Å². The molecule has 1 saturated heterocycles. The standard InChI is InChI=1S/C28H22Cl2N4O5S2/c1-3-39-20-7-5-16(12-21(20)38-2)23-22(24(35)15-8-10-31-11-9-15)25(36)26(37)34(23)27-32-33-28(41-27)40-14-17-4-6-18(29)13-19(17)30/h4-13,23,35H,3,14H2,1-2H3/b24-22+. The van der Waals surface area contributed by atoms with Gasteiger partial charge in [0.2, 0.25) is 5.13 Å². The maximum atomic E-state index is 13.5. The second kappa shape index (κ2) is 12.5. The van der Waals surface area contributed by atoms with Crippen LogP contribution in [0.25, 0.3) is 5.76 Å². The monoisotopic (exact) mass is 628 g/mol. The number of ether oxygens (including phenoxy) is 2. The highest BCUT2D eigenvalue weighted by molar-refractivity contribution is 8.00. The average Bonchev–Trinajstić information content (AvgIpc) is 3.55. The molecule has 0 radical (unpaired) electrons. The summed E-state index contributed by atoms with van der Waals surface area (Å²) in [6, 6.07) is 12.4. The van der Waals surface area contributed by atoms with E-state index in [9.17, 15) is 14.7 Å². The number of halogens is 2. The molecule has 0 bridgehead atoms. The van der Waals surface area contributed by atoms with E-state index in [0.717, 1.165) is 16.9 Å². The van der Waals surface area contributed by atoms with Gasteiger partial charge in [-0.05, 0) is 54.4 Å². The number of pyridine rings is 1. The third kappa shape index (κ3) is 5.89. The van der Waals surface area contributed by atoms with Crippen molar-refractivity contribution in [2.45, 2.75) is 23.1 Å². The van der Waals surface area contributed by atoms with Crippen molar-refractivity contribution in [3.63, 3.8) is 0 Å². The molecule has 1 aliphatic rings. The molecule has 2 aromatic heterocycles. The fraction of sp³-hybridized carbons (Fsp3) is 0.179. The highest BCUT2D eigenvalue weighted by Crippen LogP contribution is 2.45. The van der Waals surface area contributed by atoms with Crippen molar-refractivity contribution >= 4 is 68.9 Å². The SMILES string of the molecule is CCOc1ccc(C2/C(=C(\O)c3ccncc3)C(=O)C(=O)N2c2nnc(SCc3ccc(Cl)cc3Cl)s2)cc1OC. The molecule has 1 amide bonds. The average molecular weight is 630 g/mol. The van der Waals surface area contributed by atoms with E-state index in [1.54, 1.807) is 42.5 Å². The molecule has 41 heavy (non-hydrogen) atoms. The molecule has 3 heterocycles. The van der Waals surface area contributed by atoms with Crippen molar-refractivity contribution in [1.29, 1.82) is 0 Å². The number of methoxy groups -OCH3 is 1. The molecule has 0 spiro atoms. The summed E-state index contributed by atoms with van der Waals surface area (Å²) in [5.74, 6) is -0.623. The molecule has 0 saturated carbocycles. The van der Waals surface area contributed by atoms with Gasteiger partial charge in [0.25, 0.3) is 5.78 Å². The Bertz CT molecular complexity index is 1650. The number of thioether (sulfide) groups is 1. The lowest BCUT2D eigenvalue weighted by Gasteiger charge is -2.23. The maximum Gasteiger partial charge on any atom is 0.301 e. The first kappa shape index (κ1) is 28.9. The van der Waals surface area contributed by atoms with Crippen LogP contribution in [0.5, 0.6) is 11.5 Å². The van der Waals surface area contributed by atoms with Crippen LogP contribution in [0.3, 0.4) is 0 Å². The van der Waals surface area contributed by atoms with Crippen LogP contribution < -0.4 is 14.4 Å². The van der Waals surface area contributed by atoms with E-state index < -0.39 is 17.7 Å². The van der Waals surface area contributed by atoms with E-state index in [4.69, 9.17) is 32.7 Å². The Morgan fingerprint density at radius 1 is 1.07 bits per heavy atom.